The average molecular weight is 451 g/mol. The van der Waals surface area contributed by atoms with Crippen molar-refractivity contribution in [1.29, 1.82) is 0 Å². The molecule has 4 aromatic rings. The number of ketones is 1. The van der Waals surface area contributed by atoms with E-state index in [1.165, 1.54) is 6.08 Å². The Bertz CT molecular complexity index is 1480. The number of aromatic nitrogens is 1. The van der Waals surface area contributed by atoms with Crippen molar-refractivity contribution in [3.63, 3.8) is 0 Å². The normalized spacial score (nSPS) is 13.9. The fourth-order valence-corrected chi connectivity index (χ4v) is 3.89. The van der Waals surface area contributed by atoms with E-state index in [0.717, 1.165) is 27.8 Å². The van der Waals surface area contributed by atoms with Crippen LogP contribution >= 0.6 is 0 Å². The van der Waals surface area contributed by atoms with Crippen molar-refractivity contribution in [1.82, 2.24) is 4.57 Å². The molecule has 0 N–H and O–H groups in total. The molecule has 2 heterocycles. The lowest BCUT2D eigenvalue weighted by molar-refractivity contribution is -0.128. The smallest absolute Gasteiger partial charge is 0.336 e. The molecule has 0 atom stereocenters. The van der Waals surface area contributed by atoms with Crippen LogP contribution in [0.3, 0.4) is 0 Å². The second-order valence-electron chi connectivity index (χ2n) is 7.84. The number of ether oxygens (including phenoxy) is 3. The first-order chi connectivity index (χ1) is 16.5. The molecule has 6 nitrogen and oxygen atoms in total. The van der Waals surface area contributed by atoms with Crippen molar-refractivity contribution in [2.75, 3.05) is 7.11 Å². The summed E-state index contributed by atoms with van der Waals surface area (Å²) in [6.07, 6.45) is 6.69. The molecule has 0 amide bonds. The molecule has 0 radical (unpaired) electrons. The van der Waals surface area contributed by atoms with Gasteiger partial charge in [0.05, 0.1) is 12.7 Å². The van der Waals surface area contributed by atoms with Crippen LogP contribution in [-0.2, 0) is 11.8 Å². The summed E-state index contributed by atoms with van der Waals surface area (Å²) >= 11 is 0. The molecule has 0 fully saturated rings. The third-order valence-corrected chi connectivity index (χ3v) is 5.59. The standard InChI is InChI=1S/C28H21NO5/c1-29-17-19(23-15-20(32-2)10-12-24(23)29)14-26-28(31)22-11-9-21(16-25(22)34-26)33-27(30)13-8-18-6-4-3-5-7-18/h3-17H,1-2H3/b13-8+,26-14+. The Balaban J connectivity index is 1.37. The van der Waals surface area contributed by atoms with Crippen molar-refractivity contribution in [2.24, 2.45) is 7.05 Å². The number of fused-ring (bicyclic) bond motifs is 2. The highest BCUT2D eigenvalue weighted by atomic mass is 16.5. The zero-order valence-electron chi connectivity index (χ0n) is 18.6. The van der Waals surface area contributed by atoms with Gasteiger partial charge in [-0.15, -0.1) is 0 Å². The molecular weight excluding hydrogens is 430 g/mol. The molecule has 0 aliphatic carbocycles. The minimum absolute atomic E-state index is 0.206. The number of aryl methyl sites for hydroxylation is 1. The van der Waals surface area contributed by atoms with Crippen LogP contribution in [0.2, 0.25) is 0 Å². The number of benzene rings is 3. The number of allylic oxidation sites excluding steroid dienone is 1. The number of Topliss-reactive ketones (excluding diaryl/α,β-unsaturated/α-hetero) is 1. The molecule has 1 aliphatic heterocycles. The van der Waals surface area contributed by atoms with Gasteiger partial charge in [-0.25, -0.2) is 4.79 Å². The fraction of sp³-hybridized carbons (Fsp3) is 0.0714. The Hall–Kier alpha value is -4.58. The van der Waals surface area contributed by atoms with Crippen LogP contribution in [0.1, 0.15) is 21.5 Å². The highest BCUT2D eigenvalue weighted by Gasteiger charge is 2.28. The average Bonchev–Trinajstić information content (AvgIpc) is 3.33. The lowest BCUT2D eigenvalue weighted by Gasteiger charge is -2.03. The van der Waals surface area contributed by atoms with Gasteiger partial charge >= 0.3 is 5.97 Å². The molecule has 6 heteroatoms. The van der Waals surface area contributed by atoms with E-state index in [4.69, 9.17) is 14.2 Å². The van der Waals surface area contributed by atoms with Crippen LogP contribution in [0, 0.1) is 0 Å². The molecule has 0 saturated heterocycles. The highest BCUT2D eigenvalue weighted by molar-refractivity contribution is 6.15. The second kappa shape index (κ2) is 8.75. The first-order valence-corrected chi connectivity index (χ1v) is 10.7. The molecule has 0 saturated carbocycles. The van der Waals surface area contributed by atoms with Crippen molar-refractivity contribution >= 4 is 34.8 Å². The van der Waals surface area contributed by atoms with E-state index in [1.54, 1.807) is 37.5 Å². The number of hydrogen-bond donors (Lipinski definition) is 0. The molecule has 0 spiro atoms. The number of hydrogen-bond acceptors (Lipinski definition) is 5. The van der Waals surface area contributed by atoms with E-state index in [1.807, 2.05) is 66.3 Å². The van der Waals surface area contributed by atoms with Crippen LogP contribution < -0.4 is 14.2 Å². The summed E-state index contributed by atoms with van der Waals surface area (Å²) < 4.78 is 18.6. The Labute approximate surface area is 196 Å². The van der Waals surface area contributed by atoms with Gasteiger partial charge in [-0.1, -0.05) is 30.3 Å². The molecule has 3 aromatic carbocycles. The predicted octanol–water partition coefficient (Wildman–Crippen LogP) is 5.42. The van der Waals surface area contributed by atoms with Crippen LogP contribution in [0.4, 0.5) is 0 Å². The summed E-state index contributed by atoms with van der Waals surface area (Å²) in [5.41, 5.74) is 3.16. The number of rotatable bonds is 5. The first kappa shape index (κ1) is 21.3. The second-order valence-corrected chi connectivity index (χ2v) is 7.84. The minimum Gasteiger partial charge on any atom is -0.497 e. The van der Waals surface area contributed by atoms with E-state index in [-0.39, 0.29) is 11.5 Å². The largest absolute Gasteiger partial charge is 0.497 e. The van der Waals surface area contributed by atoms with E-state index >= 15 is 0 Å². The van der Waals surface area contributed by atoms with Gasteiger partial charge in [0, 0.05) is 41.9 Å². The quantitative estimate of drug-likeness (QED) is 0.230. The third kappa shape index (κ3) is 4.09. The molecule has 1 aromatic heterocycles. The minimum atomic E-state index is -0.520. The van der Waals surface area contributed by atoms with Gasteiger partial charge in [-0.05, 0) is 48.0 Å². The van der Waals surface area contributed by atoms with Gasteiger partial charge in [0.2, 0.25) is 5.78 Å². The molecule has 1 aliphatic rings. The van der Waals surface area contributed by atoms with Crippen LogP contribution in [0.5, 0.6) is 17.2 Å². The molecular formula is C28H21NO5. The van der Waals surface area contributed by atoms with Crippen molar-refractivity contribution in [3.8, 4) is 17.2 Å². The number of nitrogens with zero attached hydrogens (tertiary/aromatic N) is 1. The van der Waals surface area contributed by atoms with Gasteiger partial charge in [-0.2, -0.15) is 0 Å². The predicted molar refractivity (Wildman–Crippen MR) is 130 cm³/mol. The van der Waals surface area contributed by atoms with Gasteiger partial charge in [-0.3, -0.25) is 4.79 Å². The van der Waals surface area contributed by atoms with E-state index < -0.39 is 5.97 Å². The zero-order chi connectivity index (χ0) is 23.7. The van der Waals surface area contributed by atoms with Gasteiger partial charge in [0.25, 0.3) is 0 Å². The van der Waals surface area contributed by atoms with Crippen molar-refractivity contribution in [3.05, 3.63) is 101 Å². The lowest BCUT2D eigenvalue weighted by atomic mass is 10.1. The maximum Gasteiger partial charge on any atom is 0.336 e. The van der Waals surface area contributed by atoms with Gasteiger partial charge < -0.3 is 18.8 Å². The van der Waals surface area contributed by atoms with Crippen molar-refractivity contribution < 1.29 is 23.8 Å². The molecule has 34 heavy (non-hydrogen) atoms. The fourth-order valence-electron chi connectivity index (χ4n) is 3.89. The first-order valence-electron chi connectivity index (χ1n) is 10.7. The lowest BCUT2D eigenvalue weighted by Crippen LogP contribution is -2.03. The van der Waals surface area contributed by atoms with Crippen LogP contribution in [-0.4, -0.2) is 23.4 Å². The van der Waals surface area contributed by atoms with Gasteiger partial charge in [0.15, 0.2) is 5.76 Å². The van der Waals surface area contributed by atoms with Crippen molar-refractivity contribution in [2.45, 2.75) is 0 Å². The molecule has 168 valence electrons. The monoisotopic (exact) mass is 451 g/mol. The van der Waals surface area contributed by atoms with E-state index in [2.05, 4.69) is 0 Å². The number of carbonyl (C=O) groups is 2. The summed E-state index contributed by atoms with van der Waals surface area (Å²) in [4.78, 5) is 25.1. The number of methoxy groups -OCH3 is 1. The third-order valence-electron chi connectivity index (χ3n) is 5.59. The summed E-state index contributed by atoms with van der Waals surface area (Å²) in [7, 11) is 3.56. The highest BCUT2D eigenvalue weighted by Crippen LogP contribution is 2.36. The Morgan fingerprint density at radius 2 is 1.79 bits per heavy atom. The van der Waals surface area contributed by atoms with E-state index in [9.17, 15) is 9.59 Å². The summed E-state index contributed by atoms with van der Waals surface area (Å²) in [5.74, 6) is 0.841. The van der Waals surface area contributed by atoms with Gasteiger partial charge in [0.1, 0.15) is 17.2 Å². The molecule has 0 unspecified atom stereocenters. The Kier molecular flexibility index (Phi) is 5.47. The Morgan fingerprint density at radius 1 is 1.00 bits per heavy atom. The van der Waals surface area contributed by atoms with Crippen LogP contribution in [0.15, 0.2) is 84.8 Å². The summed E-state index contributed by atoms with van der Waals surface area (Å²) in [6.45, 7) is 0. The maximum absolute atomic E-state index is 12.9. The number of esters is 1. The topological polar surface area (TPSA) is 66.8 Å². The summed E-state index contributed by atoms with van der Waals surface area (Å²) in [5, 5.41) is 0.946. The summed E-state index contributed by atoms with van der Waals surface area (Å²) in [6, 6.07) is 20.0. The maximum atomic E-state index is 12.9. The SMILES string of the molecule is COc1ccc2c(c1)c(/C=C1/Oc3cc(OC(=O)/C=C/c4ccccc4)ccc3C1=O)cn2C. The Morgan fingerprint density at radius 3 is 2.59 bits per heavy atom. The van der Waals surface area contributed by atoms with Crippen LogP contribution in [0.25, 0.3) is 23.1 Å². The zero-order valence-corrected chi connectivity index (χ0v) is 18.6. The van der Waals surface area contributed by atoms with E-state index in [0.29, 0.717) is 17.1 Å². The molecule has 0 bridgehead atoms. The number of carbonyl (C=O) groups excluding carboxylic acids is 2. The molecule has 5 rings (SSSR count).